The summed E-state index contributed by atoms with van der Waals surface area (Å²) >= 11 is 0. The van der Waals surface area contributed by atoms with Crippen LogP contribution >= 0.6 is 0 Å². The molecule has 0 aliphatic carbocycles. The molecule has 0 heterocycles. The highest BCUT2D eigenvalue weighted by molar-refractivity contribution is 4.26. The van der Waals surface area contributed by atoms with Gasteiger partial charge in [0.25, 0.3) is 0 Å². The van der Waals surface area contributed by atoms with Gasteiger partial charge in [0.2, 0.25) is 0 Å². The van der Waals surface area contributed by atoms with E-state index in [1.54, 1.807) is 0 Å². The van der Waals surface area contributed by atoms with Crippen molar-refractivity contribution in [3.05, 3.63) is 0 Å². The van der Waals surface area contributed by atoms with Gasteiger partial charge in [0.05, 0.1) is 13.2 Å². The number of rotatable bonds is 3. The Morgan fingerprint density at radius 2 is 2.00 bits per heavy atom. The Balaban J connectivity index is 2.68. The first-order valence-electron chi connectivity index (χ1n) is 2.21. The summed E-state index contributed by atoms with van der Waals surface area (Å²) in [6, 6.07) is 0. The molecular formula is C4H11NO2. The lowest BCUT2D eigenvalue weighted by Crippen LogP contribution is -2.17. The Morgan fingerprint density at radius 3 is 2.14 bits per heavy atom. The standard InChI is InChI=1S/C4H11NO2/c1-4(2)7-5-6-3/h4-5H,1-3H3. The molecule has 3 nitrogen and oxygen atoms in total. The summed E-state index contributed by atoms with van der Waals surface area (Å²) in [5.74, 6) is 0. The second-order valence-corrected chi connectivity index (χ2v) is 1.45. The first-order valence-corrected chi connectivity index (χ1v) is 2.21. The summed E-state index contributed by atoms with van der Waals surface area (Å²) < 4.78 is 0. The molecule has 1 N–H and O–H groups in total. The monoisotopic (exact) mass is 105 g/mol. The molecule has 0 aliphatic heterocycles. The van der Waals surface area contributed by atoms with Gasteiger partial charge in [-0.05, 0) is 13.8 Å². The van der Waals surface area contributed by atoms with E-state index >= 15 is 0 Å². The van der Waals surface area contributed by atoms with Crippen molar-refractivity contribution in [3.8, 4) is 0 Å². The smallest absolute Gasteiger partial charge is 0.0761 e. The van der Waals surface area contributed by atoms with Crippen LogP contribution in [-0.2, 0) is 9.68 Å². The third-order valence-corrected chi connectivity index (χ3v) is 0.367. The predicted octanol–water partition coefficient (Wildman–Crippen LogP) is 0.477. The molecule has 7 heavy (non-hydrogen) atoms. The molecule has 0 atom stereocenters. The molecule has 0 spiro atoms. The maximum atomic E-state index is 4.72. The molecule has 0 amide bonds. The second kappa shape index (κ2) is 4.05. The fourth-order valence-corrected chi connectivity index (χ4v) is 0.144. The van der Waals surface area contributed by atoms with Crippen molar-refractivity contribution in [1.82, 2.24) is 5.64 Å². The van der Waals surface area contributed by atoms with E-state index in [2.05, 4.69) is 10.5 Å². The van der Waals surface area contributed by atoms with E-state index in [4.69, 9.17) is 4.84 Å². The average Bonchev–Trinajstić information content (AvgIpc) is 1.61. The van der Waals surface area contributed by atoms with Crippen LogP contribution in [0.25, 0.3) is 0 Å². The van der Waals surface area contributed by atoms with Gasteiger partial charge in [0.15, 0.2) is 0 Å². The molecule has 0 radical (unpaired) electrons. The molecule has 0 saturated carbocycles. The second-order valence-electron chi connectivity index (χ2n) is 1.45. The topological polar surface area (TPSA) is 30.5 Å². The van der Waals surface area contributed by atoms with E-state index < -0.39 is 0 Å². The normalized spacial score (nSPS) is 10.3. The van der Waals surface area contributed by atoms with Crippen LogP contribution < -0.4 is 5.64 Å². The lowest BCUT2D eigenvalue weighted by Gasteiger charge is -2.03. The molecule has 0 rings (SSSR count). The van der Waals surface area contributed by atoms with Crippen LogP contribution in [0.3, 0.4) is 0 Å². The molecule has 0 bridgehead atoms. The maximum Gasteiger partial charge on any atom is 0.0761 e. The minimum atomic E-state index is 0.167. The summed E-state index contributed by atoms with van der Waals surface area (Å²) in [5.41, 5.74) is 2.25. The first-order chi connectivity index (χ1) is 3.27. The van der Waals surface area contributed by atoms with E-state index in [-0.39, 0.29) is 6.10 Å². The van der Waals surface area contributed by atoms with Crippen LogP contribution in [0, 0.1) is 0 Å². The van der Waals surface area contributed by atoms with Crippen LogP contribution in [0.5, 0.6) is 0 Å². The number of hydrogen-bond donors (Lipinski definition) is 1. The highest BCUT2D eigenvalue weighted by Crippen LogP contribution is 1.79. The molecular weight excluding hydrogens is 94.0 g/mol. The third kappa shape index (κ3) is 5.88. The van der Waals surface area contributed by atoms with Crippen molar-refractivity contribution in [2.24, 2.45) is 0 Å². The minimum absolute atomic E-state index is 0.167. The molecule has 0 fully saturated rings. The van der Waals surface area contributed by atoms with Crippen molar-refractivity contribution < 1.29 is 9.68 Å². The van der Waals surface area contributed by atoms with E-state index in [0.717, 1.165) is 0 Å². The van der Waals surface area contributed by atoms with E-state index in [0.29, 0.717) is 0 Å². The quantitative estimate of drug-likeness (QED) is 0.529. The summed E-state index contributed by atoms with van der Waals surface area (Å²) in [4.78, 5) is 9.10. The number of nitrogens with one attached hydrogen (secondary N) is 1. The Kier molecular flexibility index (Phi) is 3.98. The average molecular weight is 105 g/mol. The highest BCUT2D eigenvalue weighted by Gasteiger charge is 1.86. The Hall–Kier alpha value is -0.120. The van der Waals surface area contributed by atoms with Crippen LogP contribution in [0.1, 0.15) is 13.8 Å². The molecule has 0 aromatic carbocycles. The SMILES string of the molecule is CONOC(C)C. The van der Waals surface area contributed by atoms with E-state index in [9.17, 15) is 0 Å². The van der Waals surface area contributed by atoms with Gasteiger partial charge in [-0.25, -0.2) is 0 Å². The first kappa shape index (κ1) is 6.88. The maximum absolute atomic E-state index is 4.72. The highest BCUT2D eigenvalue weighted by atomic mass is 16.9. The van der Waals surface area contributed by atoms with Gasteiger partial charge in [0, 0.05) is 0 Å². The zero-order chi connectivity index (χ0) is 5.70. The molecule has 0 saturated heterocycles. The van der Waals surface area contributed by atoms with Crippen molar-refractivity contribution in [3.63, 3.8) is 0 Å². The largest absolute Gasteiger partial charge is 0.280 e. The van der Waals surface area contributed by atoms with Gasteiger partial charge in [0.1, 0.15) is 0 Å². The minimum Gasteiger partial charge on any atom is -0.280 e. The zero-order valence-electron chi connectivity index (χ0n) is 4.89. The summed E-state index contributed by atoms with van der Waals surface area (Å²) in [6.45, 7) is 3.82. The zero-order valence-corrected chi connectivity index (χ0v) is 4.89. The van der Waals surface area contributed by atoms with Crippen molar-refractivity contribution in [1.29, 1.82) is 0 Å². The van der Waals surface area contributed by atoms with E-state index in [1.165, 1.54) is 7.11 Å². The fraction of sp³-hybridized carbons (Fsp3) is 1.00. The molecule has 0 aromatic heterocycles. The van der Waals surface area contributed by atoms with Gasteiger partial charge in [-0.15, -0.1) is 0 Å². The Labute approximate surface area is 43.5 Å². The van der Waals surface area contributed by atoms with Crippen LogP contribution in [0.4, 0.5) is 0 Å². The van der Waals surface area contributed by atoms with Crippen molar-refractivity contribution in [2.45, 2.75) is 20.0 Å². The Morgan fingerprint density at radius 1 is 1.43 bits per heavy atom. The lowest BCUT2D eigenvalue weighted by molar-refractivity contribution is -0.173. The Bertz CT molecular complexity index is 38.7. The number of hydrogen-bond acceptors (Lipinski definition) is 3. The molecule has 3 heteroatoms. The van der Waals surface area contributed by atoms with Crippen LogP contribution in [-0.4, -0.2) is 13.2 Å². The fourth-order valence-electron chi connectivity index (χ4n) is 0.144. The van der Waals surface area contributed by atoms with Gasteiger partial charge in [-0.1, -0.05) is 5.64 Å². The van der Waals surface area contributed by atoms with Gasteiger partial charge in [-0.2, -0.15) is 0 Å². The molecule has 0 aromatic rings. The van der Waals surface area contributed by atoms with Gasteiger partial charge in [-0.3, -0.25) is 9.68 Å². The predicted molar refractivity (Wildman–Crippen MR) is 26.4 cm³/mol. The summed E-state index contributed by atoms with van der Waals surface area (Å²) in [5, 5.41) is 0. The molecule has 44 valence electrons. The van der Waals surface area contributed by atoms with Crippen LogP contribution in [0.15, 0.2) is 0 Å². The lowest BCUT2D eigenvalue weighted by atomic mass is 10.5. The van der Waals surface area contributed by atoms with Crippen molar-refractivity contribution >= 4 is 0 Å². The van der Waals surface area contributed by atoms with Crippen LogP contribution in [0.2, 0.25) is 0 Å². The summed E-state index contributed by atoms with van der Waals surface area (Å²) in [7, 11) is 1.50. The van der Waals surface area contributed by atoms with E-state index in [1.807, 2.05) is 13.8 Å². The van der Waals surface area contributed by atoms with Gasteiger partial charge >= 0.3 is 0 Å². The van der Waals surface area contributed by atoms with Gasteiger partial charge < -0.3 is 0 Å². The summed E-state index contributed by atoms with van der Waals surface area (Å²) in [6.07, 6.45) is 0.167. The molecule has 0 unspecified atom stereocenters. The molecule has 0 aliphatic rings. The third-order valence-electron chi connectivity index (χ3n) is 0.367. The van der Waals surface area contributed by atoms with Crippen molar-refractivity contribution in [2.75, 3.05) is 7.11 Å².